The minimum atomic E-state index is -3.44. The van der Waals surface area contributed by atoms with Gasteiger partial charge in [0.1, 0.15) is 4.21 Å². The fourth-order valence-electron chi connectivity index (χ4n) is 3.21. The minimum Gasteiger partial charge on any atom is -0.355 e. The van der Waals surface area contributed by atoms with Crippen molar-refractivity contribution in [3.63, 3.8) is 0 Å². The van der Waals surface area contributed by atoms with E-state index in [0.717, 1.165) is 23.3 Å². The fraction of sp³-hybridized carbons (Fsp3) is 0.450. The number of halogens is 2. The molecule has 1 amide bonds. The molecule has 0 aliphatic carbocycles. The molecule has 0 radical (unpaired) electrons. The predicted molar refractivity (Wildman–Crippen MR) is 119 cm³/mol. The highest BCUT2D eigenvalue weighted by atomic mass is 35.5. The van der Waals surface area contributed by atoms with Gasteiger partial charge in [0.05, 0.1) is 16.5 Å². The Kier molecular flexibility index (Phi) is 6.95. The molecule has 9 heteroatoms. The fourth-order valence-corrected chi connectivity index (χ4v) is 6.53. The molecule has 0 atom stereocenters. The molecule has 2 heterocycles. The quantitative estimate of drug-likeness (QED) is 0.643. The molecule has 158 valence electrons. The zero-order chi connectivity index (χ0) is 21.2. The number of carbonyl (C=O) groups is 1. The van der Waals surface area contributed by atoms with Crippen LogP contribution in [0, 0.1) is 0 Å². The van der Waals surface area contributed by atoms with Crippen LogP contribution in [0.3, 0.4) is 0 Å². The highest BCUT2D eigenvalue weighted by Crippen LogP contribution is 2.30. The molecule has 2 aromatic rings. The molecule has 1 aromatic heterocycles. The van der Waals surface area contributed by atoms with Gasteiger partial charge in [-0.15, -0.1) is 11.3 Å². The number of thiophene rings is 1. The molecular weight excluding hydrogens is 451 g/mol. The summed E-state index contributed by atoms with van der Waals surface area (Å²) in [4.78, 5) is 13.1. The number of nitrogens with one attached hydrogen (secondary N) is 1. The van der Waals surface area contributed by atoms with E-state index in [0.29, 0.717) is 33.9 Å². The van der Waals surface area contributed by atoms with E-state index >= 15 is 0 Å². The first-order valence-corrected chi connectivity index (χ1v) is 12.4. The summed E-state index contributed by atoms with van der Waals surface area (Å²) in [5.74, 6) is -0.148. The zero-order valence-corrected chi connectivity index (χ0v) is 19.5. The molecule has 5 nitrogen and oxygen atoms in total. The van der Waals surface area contributed by atoms with E-state index in [4.69, 9.17) is 23.2 Å². The largest absolute Gasteiger partial charge is 0.355 e. The maximum Gasteiger partial charge on any atom is 0.252 e. The van der Waals surface area contributed by atoms with Crippen molar-refractivity contribution in [3.8, 4) is 0 Å². The van der Waals surface area contributed by atoms with Gasteiger partial charge in [0.2, 0.25) is 5.91 Å². The van der Waals surface area contributed by atoms with Crippen molar-refractivity contribution in [3.05, 3.63) is 50.8 Å². The van der Waals surface area contributed by atoms with E-state index in [2.05, 4.69) is 5.32 Å². The number of carbonyl (C=O) groups excluding carboxylic acids is 1. The second kappa shape index (κ2) is 8.94. The van der Waals surface area contributed by atoms with Crippen molar-refractivity contribution in [2.75, 3.05) is 19.6 Å². The topological polar surface area (TPSA) is 66.5 Å². The Balaban J connectivity index is 1.59. The standard InChI is InChI=1S/C20H24Cl2N2O3S2/c1-20(2,14-5-7-16(21)17(22)11-14)13-23-18(25)12-15-6-8-19(28-15)29(26,27)24-9-3-4-10-24/h5-8,11H,3-4,9-10,12-13H2,1-2H3,(H,23,25). The van der Waals surface area contributed by atoms with Crippen LogP contribution in [0.4, 0.5) is 0 Å². The van der Waals surface area contributed by atoms with Crippen LogP contribution < -0.4 is 5.32 Å². The van der Waals surface area contributed by atoms with Gasteiger partial charge < -0.3 is 5.32 Å². The van der Waals surface area contributed by atoms with Gasteiger partial charge in [-0.05, 0) is 42.7 Å². The summed E-state index contributed by atoms with van der Waals surface area (Å²) in [6.45, 7) is 5.59. The number of rotatable bonds is 7. The summed E-state index contributed by atoms with van der Waals surface area (Å²) in [5.41, 5.74) is 0.645. The lowest BCUT2D eigenvalue weighted by Crippen LogP contribution is -2.37. The average Bonchev–Trinajstić information content (AvgIpc) is 3.35. The van der Waals surface area contributed by atoms with Crippen molar-refractivity contribution in [2.24, 2.45) is 0 Å². The van der Waals surface area contributed by atoms with Crippen LogP contribution in [0.2, 0.25) is 10.0 Å². The monoisotopic (exact) mass is 474 g/mol. The molecule has 1 aliphatic rings. The molecule has 0 bridgehead atoms. The lowest BCUT2D eigenvalue weighted by atomic mass is 9.84. The Morgan fingerprint density at radius 1 is 1.14 bits per heavy atom. The maximum atomic E-state index is 12.6. The highest BCUT2D eigenvalue weighted by Gasteiger charge is 2.29. The van der Waals surface area contributed by atoms with E-state index in [9.17, 15) is 13.2 Å². The molecule has 1 aromatic carbocycles. The second-order valence-electron chi connectivity index (χ2n) is 7.80. The lowest BCUT2D eigenvalue weighted by Gasteiger charge is -2.26. The van der Waals surface area contributed by atoms with Crippen LogP contribution in [-0.2, 0) is 26.7 Å². The van der Waals surface area contributed by atoms with Crippen molar-refractivity contribution >= 4 is 50.5 Å². The summed E-state index contributed by atoms with van der Waals surface area (Å²) in [6, 6.07) is 8.77. The number of benzene rings is 1. The van der Waals surface area contributed by atoms with Gasteiger partial charge in [-0.3, -0.25) is 4.79 Å². The van der Waals surface area contributed by atoms with Crippen LogP contribution in [0.25, 0.3) is 0 Å². The molecule has 0 unspecified atom stereocenters. The molecular formula is C20H24Cl2N2O3S2. The van der Waals surface area contributed by atoms with Crippen molar-refractivity contribution in [2.45, 2.75) is 42.7 Å². The Hall–Kier alpha value is -1.12. The van der Waals surface area contributed by atoms with Crippen LogP contribution in [0.1, 0.15) is 37.1 Å². The first kappa shape index (κ1) is 22.6. The third-order valence-corrected chi connectivity index (χ3v) is 9.25. The summed E-state index contributed by atoms with van der Waals surface area (Å²) in [6.07, 6.45) is 1.95. The number of hydrogen-bond acceptors (Lipinski definition) is 4. The van der Waals surface area contributed by atoms with E-state index in [-0.39, 0.29) is 17.7 Å². The summed E-state index contributed by atoms with van der Waals surface area (Å²) in [7, 11) is -3.44. The SMILES string of the molecule is CC(C)(CNC(=O)Cc1ccc(S(=O)(=O)N2CCCC2)s1)c1ccc(Cl)c(Cl)c1. The molecule has 1 aliphatic heterocycles. The van der Waals surface area contributed by atoms with Gasteiger partial charge in [-0.1, -0.05) is 43.1 Å². The van der Waals surface area contributed by atoms with E-state index in [1.807, 2.05) is 26.0 Å². The van der Waals surface area contributed by atoms with Crippen molar-refractivity contribution in [1.82, 2.24) is 9.62 Å². The predicted octanol–water partition coefficient (Wildman–Crippen LogP) is 4.48. The summed E-state index contributed by atoms with van der Waals surface area (Å²) < 4.78 is 27.0. The molecule has 1 saturated heterocycles. The Morgan fingerprint density at radius 3 is 2.48 bits per heavy atom. The van der Waals surface area contributed by atoms with Crippen molar-refractivity contribution in [1.29, 1.82) is 0 Å². The van der Waals surface area contributed by atoms with Crippen molar-refractivity contribution < 1.29 is 13.2 Å². The lowest BCUT2D eigenvalue weighted by molar-refractivity contribution is -0.120. The van der Waals surface area contributed by atoms with Crippen LogP contribution in [-0.4, -0.2) is 38.3 Å². The van der Waals surface area contributed by atoms with Gasteiger partial charge in [-0.2, -0.15) is 4.31 Å². The zero-order valence-electron chi connectivity index (χ0n) is 16.4. The maximum absolute atomic E-state index is 12.6. The van der Waals surface area contributed by atoms with E-state index in [1.165, 1.54) is 15.6 Å². The van der Waals surface area contributed by atoms with E-state index < -0.39 is 10.0 Å². The number of amides is 1. The normalized spacial score (nSPS) is 15.6. The Bertz CT molecular complexity index is 997. The summed E-state index contributed by atoms with van der Waals surface area (Å²) >= 11 is 13.2. The molecule has 1 fully saturated rings. The third-order valence-electron chi connectivity index (χ3n) is 5.06. The molecule has 1 N–H and O–H groups in total. The number of nitrogens with zero attached hydrogens (tertiary/aromatic N) is 1. The van der Waals surface area contributed by atoms with Gasteiger partial charge >= 0.3 is 0 Å². The third kappa shape index (κ3) is 5.33. The number of sulfonamides is 1. The first-order chi connectivity index (χ1) is 13.6. The molecule has 0 spiro atoms. The molecule has 3 rings (SSSR count). The number of hydrogen-bond donors (Lipinski definition) is 1. The van der Waals surface area contributed by atoms with Gasteiger partial charge in [0, 0.05) is 29.9 Å². The van der Waals surface area contributed by atoms with Crippen LogP contribution >= 0.6 is 34.5 Å². The second-order valence-corrected chi connectivity index (χ2v) is 11.9. The first-order valence-electron chi connectivity index (χ1n) is 9.41. The Labute approximate surface area is 186 Å². The van der Waals surface area contributed by atoms with Gasteiger partial charge in [0.25, 0.3) is 10.0 Å². The average molecular weight is 475 g/mol. The molecule has 29 heavy (non-hydrogen) atoms. The smallest absolute Gasteiger partial charge is 0.252 e. The molecule has 0 saturated carbocycles. The minimum absolute atomic E-state index is 0.148. The highest BCUT2D eigenvalue weighted by molar-refractivity contribution is 7.91. The van der Waals surface area contributed by atoms with E-state index in [1.54, 1.807) is 18.2 Å². The summed E-state index contributed by atoms with van der Waals surface area (Å²) in [5, 5.41) is 3.91. The van der Waals surface area contributed by atoms with Crippen LogP contribution in [0.5, 0.6) is 0 Å². The van der Waals surface area contributed by atoms with Gasteiger partial charge in [-0.25, -0.2) is 8.42 Å². The van der Waals surface area contributed by atoms with Crippen LogP contribution in [0.15, 0.2) is 34.5 Å². The van der Waals surface area contributed by atoms with Gasteiger partial charge in [0.15, 0.2) is 0 Å². The Morgan fingerprint density at radius 2 is 1.83 bits per heavy atom.